The van der Waals surface area contributed by atoms with Crippen molar-refractivity contribution in [3.05, 3.63) is 21.7 Å². The first-order valence-corrected chi connectivity index (χ1v) is 3.95. The summed E-state index contributed by atoms with van der Waals surface area (Å²) in [6.07, 6.45) is -0.254. The van der Waals surface area contributed by atoms with Crippen molar-refractivity contribution in [2.75, 3.05) is 12.8 Å². The van der Waals surface area contributed by atoms with Crippen molar-refractivity contribution in [3.8, 4) is 0 Å². The predicted molar refractivity (Wildman–Crippen MR) is 49.4 cm³/mol. The summed E-state index contributed by atoms with van der Waals surface area (Å²) in [6.45, 7) is 3.41. The Morgan fingerprint density at radius 3 is 2.69 bits per heavy atom. The standard InChI is InChI=1S/C8H13N3O2/c1-4-6(9)10-7(5(2)13-3)11-8(4)12/h5H,1-3H3,(H3,9,10,11,12). The van der Waals surface area contributed by atoms with Crippen LogP contribution >= 0.6 is 0 Å². The minimum Gasteiger partial charge on any atom is -0.383 e. The highest BCUT2D eigenvalue weighted by molar-refractivity contribution is 5.36. The lowest BCUT2D eigenvalue weighted by Gasteiger charge is -2.09. The van der Waals surface area contributed by atoms with Crippen LogP contribution in [0.4, 0.5) is 5.82 Å². The number of rotatable bonds is 2. The molecule has 5 nitrogen and oxygen atoms in total. The molecule has 72 valence electrons. The van der Waals surface area contributed by atoms with E-state index in [4.69, 9.17) is 10.5 Å². The number of nitrogens with zero attached hydrogens (tertiary/aromatic N) is 1. The van der Waals surface area contributed by atoms with Gasteiger partial charge in [0.1, 0.15) is 17.7 Å². The summed E-state index contributed by atoms with van der Waals surface area (Å²) in [5.41, 5.74) is 5.75. The van der Waals surface area contributed by atoms with E-state index in [1.165, 1.54) is 0 Å². The molecule has 0 aliphatic heterocycles. The number of nitrogens with two attached hydrogens (primary N) is 1. The second kappa shape index (κ2) is 3.57. The van der Waals surface area contributed by atoms with E-state index in [-0.39, 0.29) is 17.5 Å². The molecule has 1 rings (SSSR count). The van der Waals surface area contributed by atoms with E-state index in [1.54, 1.807) is 21.0 Å². The molecular weight excluding hydrogens is 170 g/mol. The third kappa shape index (κ3) is 1.86. The summed E-state index contributed by atoms with van der Waals surface area (Å²) >= 11 is 0. The van der Waals surface area contributed by atoms with Gasteiger partial charge in [0.25, 0.3) is 5.56 Å². The van der Waals surface area contributed by atoms with Crippen LogP contribution in [0, 0.1) is 6.92 Å². The molecule has 0 saturated carbocycles. The summed E-state index contributed by atoms with van der Waals surface area (Å²) in [5.74, 6) is 0.707. The van der Waals surface area contributed by atoms with Crippen LogP contribution in [-0.4, -0.2) is 17.1 Å². The molecule has 1 heterocycles. The lowest BCUT2D eigenvalue weighted by atomic mass is 10.3. The zero-order valence-corrected chi connectivity index (χ0v) is 7.92. The molecule has 1 unspecified atom stereocenters. The maximum atomic E-state index is 11.2. The SMILES string of the molecule is COC(C)c1nc(N)c(C)c(=O)[nH]1. The van der Waals surface area contributed by atoms with Gasteiger partial charge in [0.15, 0.2) is 0 Å². The van der Waals surface area contributed by atoms with Crippen LogP contribution in [0.15, 0.2) is 4.79 Å². The molecule has 0 radical (unpaired) electrons. The van der Waals surface area contributed by atoms with Crippen molar-refractivity contribution in [2.45, 2.75) is 20.0 Å². The van der Waals surface area contributed by atoms with E-state index in [0.29, 0.717) is 11.4 Å². The lowest BCUT2D eigenvalue weighted by Crippen LogP contribution is -2.19. The molecule has 3 N–H and O–H groups in total. The molecule has 13 heavy (non-hydrogen) atoms. The Labute approximate surface area is 75.9 Å². The molecule has 0 amide bonds. The molecule has 0 spiro atoms. The lowest BCUT2D eigenvalue weighted by molar-refractivity contribution is 0.112. The van der Waals surface area contributed by atoms with Crippen LogP contribution in [0.1, 0.15) is 24.4 Å². The van der Waals surface area contributed by atoms with Crippen LogP contribution in [-0.2, 0) is 4.74 Å². The van der Waals surface area contributed by atoms with Gasteiger partial charge < -0.3 is 15.5 Å². The van der Waals surface area contributed by atoms with Gasteiger partial charge >= 0.3 is 0 Å². The predicted octanol–water partition coefficient (Wildman–Crippen LogP) is 0.368. The van der Waals surface area contributed by atoms with Gasteiger partial charge in [-0.2, -0.15) is 0 Å². The minimum absolute atomic E-state index is 0.216. The normalized spacial score (nSPS) is 12.8. The Hall–Kier alpha value is -1.36. The molecule has 0 saturated heterocycles. The third-order valence-electron chi connectivity index (χ3n) is 1.95. The molecular formula is C8H13N3O2. The fourth-order valence-electron chi connectivity index (χ4n) is 0.872. The average Bonchev–Trinajstić information content (AvgIpc) is 2.12. The van der Waals surface area contributed by atoms with Crippen molar-refractivity contribution in [1.29, 1.82) is 0 Å². The van der Waals surface area contributed by atoms with Crippen molar-refractivity contribution in [3.63, 3.8) is 0 Å². The van der Waals surface area contributed by atoms with E-state index in [9.17, 15) is 4.79 Å². The van der Waals surface area contributed by atoms with Crippen LogP contribution in [0.5, 0.6) is 0 Å². The van der Waals surface area contributed by atoms with E-state index >= 15 is 0 Å². The monoisotopic (exact) mass is 183 g/mol. The second-order valence-electron chi connectivity index (χ2n) is 2.84. The van der Waals surface area contributed by atoms with Crippen molar-refractivity contribution >= 4 is 5.82 Å². The molecule has 0 aliphatic rings. The molecule has 5 heteroatoms. The molecule has 0 bridgehead atoms. The largest absolute Gasteiger partial charge is 0.383 e. The summed E-state index contributed by atoms with van der Waals surface area (Å²) in [6, 6.07) is 0. The Morgan fingerprint density at radius 2 is 2.23 bits per heavy atom. The Bertz CT molecular complexity index is 359. The van der Waals surface area contributed by atoms with E-state index in [0.717, 1.165) is 0 Å². The number of methoxy groups -OCH3 is 1. The number of nitrogen functional groups attached to an aromatic ring is 1. The van der Waals surface area contributed by atoms with Crippen molar-refractivity contribution in [2.24, 2.45) is 0 Å². The van der Waals surface area contributed by atoms with Gasteiger partial charge in [-0.25, -0.2) is 4.98 Å². The first-order valence-electron chi connectivity index (χ1n) is 3.95. The second-order valence-corrected chi connectivity index (χ2v) is 2.84. The van der Waals surface area contributed by atoms with Gasteiger partial charge in [0, 0.05) is 7.11 Å². The molecule has 0 aromatic carbocycles. The number of aromatic nitrogens is 2. The first kappa shape index (κ1) is 9.73. The maximum Gasteiger partial charge on any atom is 0.255 e. The smallest absolute Gasteiger partial charge is 0.255 e. The summed E-state index contributed by atoms with van der Waals surface area (Å²) in [5, 5.41) is 0. The quantitative estimate of drug-likeness (QED) is 0.694. The fraction of sp³-hybridized carbons (Fsp3) is 0.500. The van der Waals surface area contributed by atoms with Gasteiger partial charge in [-0.3, -0.25) is 4.79 Å². The molecule has 0 fully saturated rings. The fourth-order valence-corrected chi connectivity index (χ4v) is 0.872. The number of hydrogen-bond donors (Lipinski definition) is 2. The van der Waals surface area contributed by atoms with Crippen molar-refractivity contribution < 1.29 is 4.74 Å². The first-order chi connectivity index (χ1) is 6.06. The number of hydrogen-bond acceptors (Lipinski definition) is 4. The van der Waals surface area contributed by atoms with Crippen molar-refractivity contribution in [1.82, 2.24) is 9.97 Å². The number of H-pyrrole nitrogens is 1. The Kier molecular flexibility index (Phi) is 2.67. The minimum atomic E-state index is -0.254. The van der Waals surface area contributed by atoms with E-state index < -0.39 is 0 Å². The zero-order chi connectivity index (χ0) is 10.0. The summed E-state index contributed by atoms with van der Waals surface area (Å²) in [7, 11) is 1.54. The highest BCUT2D eigenvalue weighted by Crippen LogP contribution is 2.10. The average molecular weight is 183 g/mol. The van der Waals surface area contributed by atoms with Crippen LogP contribution < -0.4 is 11.3 Å². The maximum absolute atomic E-state index is 11.2. The molecule has 1 atom stereocenters. The highest BCUT2D eigenvalue weighted by atomic mass is 16.5. The number of nitrogens with one attached hydrogen (secondary N) is 1. The molecule has 1 aromatic rings. The van der Waals surface area contributed by atoms with E-state index in [1.807, 2.05) is 0 Å². The number of aromatic amines is 1. The zero-order valence-electron chi connectivity index (χ0n) is 7.92. The third-order valence-corrected chi connectivity index (χ3v) is 1.95. The number of anilines is 1. The topological polar surface area (TPSA) is 81.0 Å². The highest BCUT2D eigenvalue weighted by Gasteiger charge is 2.09. The van der Waals surface area contributed by atoms with E-state index in [2.05, 4.69) is 9.97 Å². The number of ether oxygens (including phenoxy) is 1. The van der Waals surface area contributed by atoms with Gasteiger partial charge in [0.2, 0.25) is 0 Å². The van der Waals surface area contributed by atoms with Crippen LogP contribution in [0.2, 0.25) is 0 Å². The van der Waals surface area contributed by atoms with Gasteiger partial charge in [-0.15, -0.1) is 0 Å². The van der Waals surface area contributed by atoms with Gasteiger partial charge in [-0.05, 0) is 13.8 Å². The van der Waals surface area contributed by atoms with Gasteiger partial charge in [-0.1, -0.05) is 0 Å². The summed E-state index contributed by atoms with van der Waals surface area (Å²) in [4.78, 5) is 17.8. The van der Waals surface area contributed by atoms with Gasteiger partial charge in [0.05, 0.1) is 5.56 Å². The Balaban J connectivity index is 3.21. The molecule has 0 aliphatic carbocycles. The van der Waals surface area contributed by atoms with Crippen LogP contribution in [0.3, 0.4) is 0 Å². The Morgan fingerprint density at radius 1 is 1.62 bits per heavy atom. The summed E-state index contributed by atoms with van der Waals surface area (Å²) < 4.78 is 5.00. The van der Waals surface area contributed by atoms with Crippen LogP contribution in [0.25, 0.3) is 0 Å². The molecule has 1 aromatic heterocycles.